The third kappa shape index (κ3) is 7.15. The molecule has 8 nitrogen and oxygen atoms in total. The summed E-state index contributed by atoms with van der Waals surface area (Å²) in [5.74, 6) is 1.83. The average molecular weight is 721 g/mol. The van der Waals surface area contributed by atoms with Gasteiger partial charge in [0.2, 0.25) is 11.1 Å². The van der Waals surface area contributed by atoms with E-state index in [1.54, 1.807) is 23.9 Å². The van der Waals surface area contributed by atoms with Crippen molar-refractivity contribution in [1.82, 2.24) is 14.8 Å². The maximum Gasteiger partial charge on any atom is 0.255 e. The van der Waals surface area contributed by atoms with E-state index in [-0.39, 0.29) is 12.5 Å². The number of methoxy groups -OCH3 is 1. The predicted octanol–water partition coefficient (Wildman–Crippen LogP) is 9.66. The molecule has 1 amide bonds. The SMILES string of the molecule is COc1cc(C2C(C(=O)Nc3cccc(C)c3C)=C(C)Nc3nc(SCc4ccccc4Cl)nn32)ccc1OCc1ccc(Cl)cc1Cl. The zero-order valence-electron chi connectivity index (χ0n) is 26.6. The lowest BCUT2D eigenvalue weighted by Gasteiger charge is -2.29. The highest BCUT2D eigenvalue weighted by Gasteiger charge is 2.35. The fraction of sp³-hybridized carbons (Fsp3) is 0.194. The molecule has 1 aromatic heterocycles. The first-order valence-corrected chi connectivity index (χ1v) is 17.2. The molecule has 5 aromatic rings. The van der Waals surface area contributed by atoms with E-state index in [9.17, 15) is 4.79 Å². The summed E-state index contributed by atoms with van der Waals surface area (Å²) in [6.07, 6.45) is 0. The molecule has 246 valence electrons. The van der Waals surface area contributed by atoms with Crippen LogP contribution in [0.25, 0.3) is 0 Å². The van der Waals surface area contributed by atoms with Crippen molar-refractivity contribution in [2.75, 3.05) is 17.7 Å². The first kappa shape index (κ1) is 33.7. The van der Waals surface area contributed by atoms with Crippen LogP contribution < -0.4 is 20.1 Å². The summed E-state index contributed by atoms with van der Waals surface area (Å²) < 4.78 is 13.6. The van der Waals surface area contributed by atoms with Gasteiger partial charge in [-0.25, -0.2) is 4.68 Å². The number of amides is 1. The number of aryl methyl sites for hydroxylation is 1. The van der Waals surface area contributed by atoms with Crippen LogP contribution in [0.3, 0.4) is 0 Å². The number of thioether (sulfide) groups is 1. The number of fused-ring (bicyclic) bond motifs is 1. The van der Waals surface area contributed by atoms with Gasteiger partial charge in [0, 0.05) is 37.8 Å². The molecule has 6 rings (SSSR count). The molecule has 0 saturated carbocycles. The second kappa shape index (κ2) is 14.5. The molecule has 0 radical (unpaired) electrons. The number of carbonyl (C=O) groups is 1. The third-order valence-electron chi connectivity index (χ3n) is 8.15. The smallest absolute Gasteiger partial charge is 0.255 e. The maximum absolute atomic E-state index is 14.2. The number of nitrogens with one attached hydrogen (secondary N) is 2. The van der Waals surface area contributed by atoms with Gasteiger partial charge in [0.25, 0.3) is 5.91 Å². The number of carbonyl (C=O) groups excluding carboxylic acids is 1. The van der Waals surface area contributed by atoms with Gasteiger partial charge in [-0.2, -0.15) is 4.98 Å². The highest BCUT2D eigenvalue weighted by atomic mass is 35.5. The Morgan fingerprint density at radius 2 is 1.75 bits per heavy atom. The van der Waals surface area contributed by atoms with E-state index in [0.29, 0.717) is 54.7 Å². The summed E-state index contributed by atoms with van der Waals surface area (Å²) in [4.78, 5) is 18.9. The Morgan fingerprint density at radius 3 is 2.52 bits per heavy atom. The summed E-state index contributed by atoms with van der Waals surface area (Å²) in [6.45, 7) is 6.08. The van der Waals surface area contributed by atoms with Crippen molar-refractivity contribution < 1.29 is 14.3 Å². The van der Waals surface area contributed by atoms with Crippen LogP contribution in [0.4, 0.5) is 11.6 Å². The van der Waals surface area contributed by atoms with Gasteiger partial charge >= 0.3 is 0 Å². The summed E-state index contributed by atoms with van der Waals surface area (Å²) >= 11 is 20.3. The number of ether oxygens (including phenoxy) is 2. The molecular formula is C36H32Cl3N5O3S. The predicted molar refractivity (Wildman–Crippen MR) is 194 cm³/mol. The van der Waals surface area contributed by atoms with Crippen LogP contribution in [0.2, 0.25) is 15.1 Å². The number of benzene rings is 4. The summed E-state index contributed by atoms with van der Waals surface area (Å²) in [6, 6.07) is 23.7. The van der Waals surface area contributed by atoms with Gasteiger partial charge in [0.05, 0.1) is 12.7 Å². The number of aromatic nitrogens is 3. The van der Waals surface area contributed by atoms with E-state index < -0.39 is 6.04 Å². The first-order valence-electron chi connectivity index (χ1n) is 15.1. The van der Waals surface area contributed by atoms with Crippen molar-refractivity contribution in [1.29, 1.82) is 0 Å². The second-order valence-corrected chi connectivity index (χ2v) is 13.4. The van der Waals surface area contributed by atoms with Crippen molar-refractivity contribution in [2.45, 2.75) is 44.3 Å². The van der Waals surface area contributed by atoms with Gasteiger partial charge in [-0.3, -0.25) is 4.79 Å². The molecule has 1 aliphatic rings. The van der Waals surface area contributed by atoms with E-state index in [4.69, 9.17) is 54.4 Å². The number of anilines is 2. The van der Waals surface area contributed by atoms with E-state index in [1.165, 1.54) is 11.8 Å². The number of nitrogens with zero attached hydrogens (tertiary/aromatic N) is 3. The van der Waals surface area contributed by atoms with Crippen LogP contribution in [0.15, 0.2) is 95.3 Å². The maximum atomic E-state index is 14.2. The van der Waals surface area contributed by atoms with Gasteiger partial charge < -0.3 is 20.1 Å². The zero-order valence-corrected chi connectivity index (χ0v) is 29.7. The monoisotopic (exact) mass is 719 g/mol. The highest BCUT2D eigenvalue weighted by molar-refractivity contribution is 7.98. The summed E-state index contributed by atoms with van der Waals surface area (Å²) in [7, 11) is 1.57. The van der Waals surface area contributed by atoms with Crippen molar-refractivity contribution in [3.05, 3.63) is 133 Å². The fourth-order valence-corrected chi connectivity index (χ4v) is 6.97. The molecule has 2 N–H and O–H groups in total. The Hall–Kier alpha value is -4.15. The van der Waals surface area contributed by atoms with Crippen LogP contribution in [0.1, 0.15) is 40.8 Å². The van der Waals surface area contributed by atoms with Gasteiger partial charge in [0.1, 0.15) is 12.6 Å². The van der Waals surface area contributed by atoms with Crippen LogP contribution in [0.5, 0.6) is 11.5 Å². The van der Waals surface area contributed by atoms with Crippen LogP contribution in [-0.4, -0.2) is 27.8 Å². The van der Waals surface area contributed by atoms with Crippen LogP contribution in [-0.2, 0) is 17.2 Å². The highest BCUT2D eigenvalue weighted by Crippen LogP contribution is 2.41. The molecule has 2 heterocycles. The molecule has 0 saturated heterocycles. The van der Waals surface area contributed by atoms with Crippen molar-refractivity contribution in [3.63, 3.8) is 0 Å². The lowest BCUT2D eigenvalue weighted by molar-refractivity contribution is -0.113. The van der Waals surface area contributed by atoms with Crippen molar-refractivity contribution >= 4 is 64.1 Å². The quantitative estimate of drug-likeness (QED) is 0.139. The summed E-state index contributed by atoms with van der Waals surface area (Å²) in [5.41, 5.74) is 6.46. The van der Waals surface area contributed by atoms with E-state index in [1.807, 2.05) is 87.5 Å². The summed E-state index contributed by atoms with van der Waals surface area (Å²) in [5, 5.41) is 13.6. The van der Waals surface area contributed by atoms with Gasteiger partial charge in [0.15, 0.2) is 11.5 Å². The molecule has 0 aliphatic carbocycles. The Kier molecular flexibility index (Phi) is 10.2. The topological polar surface area (TPSA) is 90.3 Å². The van der Waals surface area contributed by atoms with Crippen molar-refractivity contribution in [2.24, 2.45) is 0 Å². The molecule has 0 fully saturated rings. The first-order chi connectivity index (χ1) is 23.1. The molecule has 0 bridgehead atoms. The Morgan fingerprint density at radius 1 is 0.938 bits per heavy atom. The lowest BCUT2D eigenvalue weighted by atomic mass is 9.94. The zero-order chi connectivity index (χ0) is 33.9. The molecule has 4 aromatic carbocycles. The minimum Gasteiger partial charge on any atom is -0.493 e. The molecule has 0 spiro atoms. The minimum absolute atomic E-state index is 0.209. The van der Waals surface area contributed by atoms with E-state index >= 15 is 0 Å². The normalized spacial score (nSPS) is 13.9. The van der Waals surface area contributed by atoms with Crippen LogP contribution in [0, 0.1) is 13.8 Å². The van der Waals surface area contributed by atoms with Crippen molar-refractivity contribution in [3.8, 4) is 11.5 Å². The number of rotatable bonds is 10. The number of allylic oxidation sites excluding steroid dienone is 1. The third-order valence-corrected chi connectivity index (χ3v) is 9.99. The second-order valence-electron chi connectivity index (χ2n) is 11.2. The number of hydrogen-bond acceptors (Lipinski definition) is 7. The number of hydrogen-bond donors (Lipinski definition) is 2. The molecule has 1 atom stereocenters. The molecule has 12 heteroatoms. The minimum atomic E-state index is -0.637. The molecule has 48 heavy (non-hydrogen) atoms. The molecule has 1 unspecified atom stereocenters. The number of halogens is 3. The van der Waals surface area contributed by atoms with Gasteiger partial charge in [-0.1, -0.05) is 89.0 Å². The standard InChI is InChI=1S/C36H32Cl3N5O3S/c1-20-8-7-11-29(21(20)2)41-34(45)32-22(3)40-35-42-36(48-19-25-9-5-6-10-27(25)38)43-44(35)33(32)23-13-15-30(31(16-23)46-4)47-18-24-12-14-26(37)17-28(24)39/h5-17,33H,18-19H2,1-4H3,(H,41,45)(H,40,42,43). The molecular weight excluding hydrogens is 689 g/mol. The Balaban J connectivity index is 1.36. The van der Waals surface area contributed by atoms with E-state index in [2.05, 4.69) is 10.6 Å². The van der Waals surface area contributed by atoms with Gasteiger partial charge in [-0.15, -0.1) is 5.10 Å². The van der Waals surface area contributed by atoms with E-state index in [0.717, 1.165) is 33.5 Å². The average Bonchev–Trinajstić information content (AvgIpc) is 3.47. The van der Waals surface area contributed by atoms with Gasteiger partial charge in [-0.05, 0) is 79.4 Å². The largest absolute Gasteiger partial charge is 0.493 e. The lowest BCUT2D eigenvalue weighted by Crippen LogP contribution is -2.31. The van der Waals surface area contributed by atoms with Crippen LogP contribution >= 0.6 is 46.6 Å². The fourth-order valence-electron chi connectivity index (χ4n) is 5.40. The Bertz CT molecular complexity index is 2050. The Labute approximate surface area is 298 Å². The molecule has 1 aliphatic heterocycles.